The number of para-hydroxylation sites is 1. The Morgan fingerprint density at radius 2 is 1.57 bits per heavy atom. The van der Waals surface area contributed by atoms with Gasteiger partial charge in [-0.05, 0) is 49.3 Å². The number of carbonyl (C=O) groups is 3. The first-order chi connectivity index (χ1) is 14.5. The van der Waals surface area contributed by atoms with E-state index in [0.29, 0.717) is 11.6 Å². The van der Waals surface area contributed by atoms with Crippen molar-refractivity contribution in [1.29, 1.82) is 0 Å². The lowest BCUT2D eigenvalue weighted by atomic mass is 9.87. The number of ether oxygens (including phenoxy) is 1. The van der Waals surface area contributed by atoms with Crippen molar-refractivity contribution in [3.05, 3.63) is 65.7 Å². The van der Waals surface area contributed by atoms with Gasteiger partial charge in [0.1, 0.15) is 0 Å². The van der Waals surface area contributed by atoms with Crippen molar-refractivity contribution in [2.45, 2.75) is 45.1 Å². The van der Waals surface area contributed by atoms with Crippen molar-refractivity contribution in [1.82, 2.24) is 5.32 Å². The Balaban J connectivity index is 1.52. The first-order valence-corrected chi connectivity index (χ1v) is 10.4. The van der Waals surface area contributed by atoms with Crippen LogP contribution in [0.15, 0.2) is 54.6 Å². The Morgan fingerprint density at radius 3 is 2.30 bits per heavy atom. The maximum atomic E-state index is 12.5. The summed E-state index contributed by atoms with van der Waals surface area (Å²) in [6, 6.07) is 16.1. The predicted octanol–water partition coefficient (Wildman–Crippen LogP) is 3.72. The van der Waals surface area contributed by atoms with Crippen LogP contribution >= 0.6 is 0 Å². The topological polar surface area (TPSA) is 84.5 Å². The van der Waals surface area contributed by atoms with Crippen LogP contribution < -0.4 is 10.6 Å². The highest BCUT2D eigenvalue weighted by atomic mass is 16.5. The molecule has 1 aliphatic carbocycles. The van der Waals surface area contributed by atoms with Gasteiger partial charge in [0.2, 0.25) is 5.91 Å². The smallest absolute Gasteiger partial charge is 0.340 e. The summed E-state index contributed by atoms with van der Waals surface area (Å²) < 4.78 is 5.19. The number of amides is 2. The van der Waals surface area contributed by atoms with Crippen LogP contribution in [-0.4, -0.2) is 30.4 Å². The Hall–Kier alpha value is -3.15. The van der Waals surface area contributed by atoms with E-state index in [0.717, 1.165) is 31.2 Å². The van der Waals surface area contributed by atoms with Crippen molar-refractivity contribution in [2.75, 3.05) is 11.9 Å². The molecule has 0 unspecified atom stereocenters. The van der Waals surface area contributed by atoms with Gasteiger partial charge in [0.05, 0.1) is 17.7 Å². The highest BCUT2D eigenvalue weighted by Crippen LogP contribution is 2.23. The monoisotopic (exact) mass is 408 g/mol. The fraction of sp³-hybridized carbons (Fsp3) is 0.375. The van der Waals surface area contributed by atoms with Gasteiger partial charge < -0.3 is 15.4 Å². The van der Waals surface area contributed by atoms with Crippen LogP contribution in [0.4, 0.5) is 5.69 Å². The number of esters is 1. The SMILES string of the molecule is CC1CCC(NC(=O)COC(=O)c2ccccc2NC(=O)Cc2ccccc2)CC1. The minimum Gasteiger partial charge on any atom is -0.452 e. The van der Waals surface area contributed by atoms with Crippen LogP contribution in [0.3, 0.4) is 0 Å². The highest BCUT2D eigenvalue weighted by Gasteiger charge is 2.21. The summed E-state index contributed by atoms with van der Waals surface area (Å²) >= 11 is 0. The molecular weight excluding hydrogens is 380 g/mol. The highest BCUT2D eigenvalue weighted by molar-refractivity contribution is 6.02. The summed E-state index contributed by atoms with van der Waals surface area (Å²) in [5.74, 6) is -0.471. The maximum Gasteiger partial charge on any atom is 0.340 e. The summed E-state index contributed by atoms with van der Waals surface area (Å²) in [5, 5.41) is 5.69. The molecule has 0 aliphatic heterocycles. The van der Waals surface area contributed by atoms with Gasteiger partial charge in [0.15, 0.2) is 6.61 Å². The molecule has 1 saturated carbocycles. The number of hydrogen-bond acceptors (Lipinski definition) is 4. The second-order valence-electron chi connectivity index (χ2n) is 7.86. The summed E-state index contributed by atoms with van der Waals surface area (Å²) in [5.41, 5.74) is 1.46. The molecule has 6 heteroatoms. The zero-order valence-corrected chi connectivity index (χ0v) is 17.2. The lowest BCUT2D eigenvalue weighted by molar-refractivity contribution is -0.125. The standard InChI is InChI=1S/C24H28N2O4/c1-17-11-13-19(14-12-17)25-23(28)16-30-24(29)20-9-5-6-10-21(20)26-22(27)15-18-7-3-2-4-8-18/h2-10,17,19H,11-16H2,1H3,(H,25,28)(H,26,27). The molecule has 2 aromatic rings. The van der Waals surface area contributed by atoms with E-state index in [2.05, 4.69) is 17.6 Å². The average molecular weight is 408 g/mol. The Bertz CT molecular complexity index is 874. The normalized spacial score (nSPS) is 18.3. The molecule has 0 aromatic heterocycles. The van der Waals surface area contributed by atoms with Gasteiger partial charge in [-0.3, -0.25) is 9.59 Å². The van der Waals surface area contributed by atoms with Gasteiger partial charge in [0, 0.05) is 6.04 Å². The van der Waals surface area contributed by atoms with Crippen molar-refractivity contribution < 1.29 is 19.1 Å². The van der Waals surface area contributed by atoms with Crippen LogP contribution in [0.25, 0.3) is 0 Å². The molecule has 0 bridgehead atoms. The van der Waals surface area contributed by atoms with Gasteiger partial charge in [-0.1, -0.05) is 49.4 Å². The Morgan fingerprint density at radius 1 is 0.900 bits per heavy atom. The number of benzene rings is 2. The molecule has 1 fully saturated rings. The minimum absolute atomic E-state index is 0.150. The Labute approximate surface area is 177 Å². The largest absolute Gasteiger partial charge is 0.452 e. The van der Waals surface area contributed by atoms with E-state index in [1.807, 2.05) is 30.3 Å². The van der Waals surface area contributed by atoms with E-state index >= 15 is 0 Å². The van der Waals surface area contributed by atoms with Crippen molar-refractivity contribution in [3.8, 4) is 0 Å². The number of nitrogens with one attached hydrogen (secondary N) is 2. The molecule has 158 valence electrons. The third-order valence-corrected chi connectivity index (χ3v) is 5.34. The van der Waals surface area contributed by atoms with E-state index in [9.17, 15) is 14.4 Å². The molecular formula is C24H28N2O4. The van der Waals surface area contributed by atoms with E-state index in [1.54, 1.807) is 24.3 Å². The quantitative estimate of drug-likeness (QED) is 0.684. The molecule has 2 aromatic carbocycles. The maximum absolute atomic E-state index is 12.5. The summed E-state index contributed by atoms with van der Waals surface area (Å²) in [6.45, 7) is 1.88. The van der Waals surface area contributed by atoms with Crippen LogP contribution in [0.1, 0.15) is 48.5 Å². The lowest BCUT2D eigenvalue weighted by Crippen LogP contribution is -2.39. The molecule has 0 atom stereocenters. The zero-order chi connectivity index (χ0) is 21.3. The second-order valence-corrected chi connectivity index (χ2v) is 7.86. The third-order valence-electron chi connectivity index (χ3n) is 5.34. The minimum atomic E-state index is -0.641. The molecule has 0 saturated heterocycles. The summed E-state index contributed by atoms with van der Waals surface area (Å²) in [4.78, 5) is 37.0. The molecule has 2 N–H and O–H groups in total. The number of hydrogen-bond donors (Lipinski definition) is 2. The van der Waals surface area contributed by atoms with Gasteiger partial charge in [-0.2, -0.15) is 0 Å². The molecule has 6 nitrogen and oxygen atoms in total. The molecule has 30 heavy (non-hydrogen) atoms. The van der Waals surface area contributed by atoms with Crippen molar-refractivity contribution >= 4 is 23.5 Å². The summed E-state index contributed by atoms with van der Waals surface area (Å²) in [7, 11) is 0. The lowest BCUT2D eigenvalue weighted by Gasteiger charge is -2.26. The first kappa shape index (κ1) is 21.6. The molecule has 1 aliphatic rings. The van der Waals surface area contributed by atoms with Gasteiger partial charge in [0.25, 0.3) is 5.91 Å². The van der Waals surface area contributed by atoms with E-state index in [-0.39, 0.29) is 36.4 Å². The molecule has 3 rings (SSSR count). The fourth-order valence-electron chi connectivity index (χ4n) is 3.63. The molecule has 0 spiro atoms. The number of anilines is 1. The van der Waals surface area contributed by atoms with Gasteiger partial charge >= 0.3 is 5.97 Å². The van der Waals surface area contributed by atoms with E-state index in [1.165, 1.54) is 0 Å². The van der Waals surface area contributed by atoms with Crippen LogP contribution in [0.2, 0.25) is 0 Å². The fourth-order valence-corrected chi connectivity index (χ4v) is 3.63. The second kappa shape index (κ2) is 10.6. The van der Waals surface area contributed by atoms with E-state index in [4.69, 9.17) is 4.74 Å². The molecule has 0 radical (unpaired) electrons. The average Bonchev–Trinajstić information content (AvgIpc) is 2.75. The number of rotatable bonds is 7. The number of carbonyl (C=O) groups excluding carboxylic acids is 3. The van der Waals surface area contributed by atoms with Gasteiger partial charge in [-0.15, -0.1) is 0 Å². The molecule has 2 amide bonds. The third kappa shape index (κ3) is 6.44. The van der Waals surface area contributed by atoms with Crippen molar-refractivity contribution in [2.24, 2.45) is 5.92 Å². The van der Waals surface area contributed by atoms with Crippen molar-refractivity contribution in [3.63, 3.8) is 0 Å². The first-order valence-electron chi connectivity index (χ1n) is 10.4. The van der Waals surface area contributed by atoms with Gasteiger partial charge in [-0.25, -0.2) is 4.79 Å². The van der Waals surface area contributed by atoms with E-state index < -0.39 is 5.97 Å². The summed E-state index contributed by atoms with van der Waals surface area (Å²) in [6.07, 6.45) is 4.31. The van der Waals surface area contributed by atoms with Crippen LogP contribution in [0, 0.1) is 5.92 Å². The predicted molar refractivity (Wildman–Crippen MR) is 115 cm³/mol. The Kier molecular flexibility index (Phi) is 7.60. The van der Waals surface area contributed by atoms with Crippen LogP contribution in [-0.2, 0) is 20.7 Å². The van der Waals surface area contributed by atoms with Crippen LogP contribution in [0.5, 0.6) is 0 Å². The molecule has 0 heterocycles. The zero-order valence-electron chi connectivity index (χ0n) is 17.2.